The summed E-state index contributed by atoms with van der Waals surface area (Å²) in [6.07, 6.45) is 0. The van der Waals surface area contributed by atoms with Crippen LogP contribution in [0.3, 0.4) is 0 Å². The molecule has 1 heterocycles. The first-order chi connectivity index (χ1) is 14.4. The molecular formula is C23H18Cl2N4O. The maximum Gasteiger partial charge on any atom is 0.295 e. The molecule has 5 nitrogen and oxygen atoms in total. The van der Waals surface area contributed by atoms with Crippen molar-refractivity contribution in [2.24, 2.45) is 0 Å². The van der Waals surface area contributed by atoms with Crippen LogP contribution in [0.5, 0.6) is 0 Å². The number of rotatable bonds is 4. The molecule has 0 aliphatic heterocycles. The number of aromatic nitrogens is 3. The summed E-state index contributed by atoms with van der Waals surface area (Å²) in [6.45, 7) is 3.88. The Labute approximate surface area is 184 Å². The van der Waals surface area contributed by atoms with E-state index in [0.717, 1.165) is 22.4 Å². The van der Waals surface area contributed by atoms with Gasteiger partial charge in [0.2, 0.25) is 5.82 Å². The molecule has 1 aromatic heterocycles. The lowest BCUT2D eigenvalue weighted by Crippen LogP contribution is -2.15. The third-order valence-corrected chi connectivity index (χ3v) is 5.18. The van der Waals surface area contributed by atoms with Crippen molar-refractivity contribution in [3.63, 3.8) is 0 Å². The molecule has 0 spiro atoms. The zero-order valence-corrected chi connectivity index (χ0v) is 17.9. The molecule has 0 atom stereocenters. The minimum Gasteiger partial charge on any atom is -0.318 e. The van der Waals surface area contributed by atoms with Gasteiger partial charge in [-0.05, 0) is 49.7 Å². The highest BCUT2D eigenvalue weighted by molar-refractivity contribution is 6.34. The number of nitrogens with zero attached hydrogens (tertiary/aromatic N) is 3. The number of benzene rings is 3. The van der Waals surface area contributed by atoms with E-state index >= 15 is 0 Å². The first-order valence-corrected chi connectivity index (χ1v) is 10.0. The van der Waals surface area contributed by atoms with Crippen molar-refractivity contribution in [1.82, 2.24) is 14.8 Å². The van der Waals surface area contributed by atoms with E-state index in [1.807, 2.05) is 62.4 Å². The molecule has 1 amide bonds. The molecular weight excluding hydrogens is 419 g/mol. The van der Waals surface area contributed by atoms with Gasteiger partial charge >= 0.3 is 0 Å². The molecule has 0 aliphatic carbocycles. The molecule has 1 N–H and O–H groups in total. The Morgan fingerprint density at radius 3 is 2.40 bits per heavy atom. The van der Waals surface area contributed by atoms with E-state index in [0.29, 0.717) is 21.6 Å². The molecule has 4 rings (SSSR count). The van der Waals surface area contributed by atoms with Crippen molar-refractivity contribution in [2.45, 2.75) is 13.8 Å². The summed E-state index contributed by atoms with van der Waals surface area (Å²) in [5, 5.41) is 8.33. The molecule has 0 unspecified atom stereocenters. The normalized spacial score (nSPS) is 10.8. The van der Waals surface area contributed by atoms with Crippen LogP contribution in [0.25, 0.3) is 17.1 Å². The minimum atomic E-state index is -0.444. The Balaban J connectivity index is 1.78. The fourth-order valence-corrected chi connectivity index (χ4v) is 3.51. The van der Waals surface area contributed by atoms with E-state index in [1.165, 1.54) is 0 Å². The number of amides is 1. The number of carbonyl (C=O) groups is 1. The van der Waals surface area contributed by atoms with Crippen molar-refractivity contribution in [1.29, 1.82) is 0 Å². The van der Waals surface area contributed by atoms with E-state index in [2.05, 4.69) is 15.4 Å². The van der Waals surface area contributed by atoms with Gasteiger partial charge in [-0.25, -0.2) is 9.67 Å². The summed E-state index contributed by atoms with van der Waals surface area (Å²) in [7, 11) is 0. The number of para-hydroxylation sites is 1. The fourth-order valence-electron chi connectivity index (χ4n) is 3.05. The van der Waals surface area contributed by atoms with Crippen LogP contribution in [0.15, 0.2) is 66.7 Å². The van der Waals surface area contributed by atoms with E-state index in [1.54, 1.807) is 22.9 Å². The predicted molar refractivity (Wildman–Crippen MR) is 121 cm³/mol. The first-order valence-electron chi connectivity index (χ1n) is 9.29. The van der Waals surface area contributed by atoms with Gasteiger partial charge in [-0.3, -0.25) is 4.79 Å². The topological polar surface area (TPSA) is 59.8 Å². The Kier molecular flexibility index (Phi) is 5.57. The zero-order chi connectivity index (χ0) is 21.3. The molecule has 7 heteroatoms. The molecule has 150 valence electrons. The largest absolute Gasteiger partial charge is 0.318 e. The number of anilines is 1. The number of halogens is 2. The van der Waals surface area contributed by atoms with Crippen LogP contribution in [-0.2, 0) is 0 Å². The zero-order valence-electron chi connectivity index (χ0n) is 16.4. The summed E-state index contributed by atoms with van der Waals surface area (Å²) in [4.78, 5) is 17.4. The van der Waals surface area contributed by atoms with Gasteiger partial charge in [0.15, 0.2) is 5.82 Å². The summed E-state index contributed by atoms with van der Waals surface area (Å²) in [6, 6.07) is 20.5. The minimum absolute atomic E-state index is 0.0323. The second-order valence-corrected chi connectivity index (χ2v) is 7.75. The van der Waals surface area contributed by atoms with Crippen LogP contribution in [0.2, 0.25) is 10.0 Å². The maximum atomic E-state index is 12.9. The van der Waals surface area contributed by atoms with Gasteiger partial charge in [-0.2, -0.15) is 0 Å². The molecule has 0 bridgehead atoms. The summed E-state index contributed by atoms with van der Waals surface area (Å²) in [5.74, 6) is 0.104. The van der Waals surface area contributed by atoms with Gasteiger partial charge < -0.3 is 5.32 Å². The van der Waals surface area contributed by atoms with Crippen molar-refractivity contribution in [3.05, 3.63) is 93.7 Å². The van der Waals surface area contributed by atoms with Crippen molar-refractivity contribution in [3.8, 4) is 17.1 Å². The molecule has 0 radical (unpaired) electrons. The Hall–Kier alpha value is -3.15. The van der Waals surface area contributed by atoms with Crippen LogP contribution in [0.4, 0.5) is 5.69 Å². The third-order valence-electron chi connectivity index (χ3n) is 4.63. The van der Waals surface area contributed by atoms with Gasteiger partial charge in [0.05, 0.1) is 16.4 Å². The highest BCUT2D eigenvalue weighted by Gasteiger charge is 2.20. The lowest BCUT2D eigenvalue weighted by Gasteiger charge is -2.08. The maximum absolute atomic E-state index is 12.9. The molecule has 0 aliphatic rings. The monoisotopic (exact) mass is 436 g/mol. The summed E-state index contributed by atoms with van der Waals surface area (Å²) < 4.78 is 1.64. The quantitative estimate of drug-likeness (QED) is 0.419. The molecule has 3 aromatic carbocycles. The highest BCUT2D eigenvalue weighted by atomic mass is 35.5. The van der Waals surface area contributed by atoms with Gasteiger partial charge in [0.25, 0.3) is 5.91 Å². The van der Waals surface area contributed by atoms with E-state index in [9.17, 15) is 4.79 Å². The van der Waals surface area contributed by atoms with Crippen molar-refractivity contribution < 1.29 is 4.79 Å². The first kappa shape index (κ1) is 20.1. The number of hydrogen-bond acceptors (Lipinski definition) is 3. The van der Waals surface area contributed by atoms with Crippen LogP contribution >= 0.6 is 23.2 Å². The van der Waals surface area contributed by atoms with Crippen LogP contribution < -0.4 is 5.32 Å². The van der Waals surface area contributed by atoms with Gasteiger partial charge in [-0.1, -0.05) is 65.2 Å². The Bertz CT molecular complexity index is 1210. The smallest absolute Gasteiger partial charge is 0.295 e. The highest BCUT2D eigenvalue weighted by Crippen LogP contribution is 2.27. The standard InChI is InChI=1S/C23H18Cl2N4O/c1-14-9-11-18(12-10-14)29-22(16-6-4-7-17(24)13-16)27-21(28-29)23(30)26-20-15(2)5-3-8-19(20)25/h3-13H,1-2H3,(H,26,30). The van der Waals surface area contributed by atoms with Gasteiger partial charge in [0.1, 0.15) is 0 Å². The van der Waals surface area contributed by atoms with Gasteiger partial charge in [-0.15, -0.1) is 5.10 Å². The fraction of sp³-hybridized carbons (Fsp3) is 0.0870. The number of hydrogen-bond donors (Lipinski definition) is 1. The Morgan fingerprint density at radius 2 is 1.70 bits per heavy atom. The predicted octanol–water partition coefficient (Wildman–Crippen LogP) is 6.11. The van der Waals surface area contributed by atoms with Gasteiger partial charge in [0, 0.05) is 10.6 Å². The van der Waals surface area contributed by atoms with Crippen molar-refractivity contribution >= 4 is 34.8 Å². The van der Waals surface area contributed by atoms with E-state index < -0.39 is 5.91 Å². The average Bonchev–Trinajstić information content (AvgIpc) is 3.17. The van der Waals surface area contributed by atoms with Crippen LogP contribution in [0, 0.1) is 13.8 Å². The lowest BCUT2D eigenvalue weighted by atomic mass is 10.2. The number of nitrogens with one attached hydrogen (secondary N) is 1. The van der Waals surface area contributed by atoms with E-state index in [-0.39, 0.29) is 5.82 Å². The summed E-state index contributed by atoms with van der Waals surface area (Å²) in [5.41, 5.74) is 4.05. The van der Waals surface area contributed by atoms with Crippen LogP contribution in [-0.4, -0.2) is 20.7 Å². The van der Waals surface area contributed by atoms with Crippen LogP contribution in [0.1, 0.15) is 21.7 Å². The molecule has 0 saturated carbocycles. The second kappa shape index (κ2) is 8.30. The lowest BCUT2D eigenvalue weighted by molar-refractivity contribution is 0.101. The SMILES string of the molecule is Cc1ccc(-n2nc(C(=O)Nc3c(C)cccc3Cl)nc2-c2cccc(Cl)c2)cc1. The Morgan fingerprint density at radius 1 is 0.967 bits per heavy atom. The third kappa shape index (κ3) is 4.08. The molecule has 30 heavy (non-hydrogen) atoms. The number of carbonyl (C=O) groups excluding carboxylic acids is 1. The molecule has 4 aromatic rings. The second-order valence-electron chi connectivity index (χ2n) is 6.90. The van der Waals surface area contributed by atoms with Crippen molar-refractivity contribution in [2.75, 3.05) is 5.32 Å². The number of aryl methyl sites for hydroxylation is 2. The average molecular weight is 437 g/mol. The van der Waals surface area contributed by atoms with E-state index in [4.69, 9.17) is 23.2 Å². The summed E-state index contributed by atoms with van der Waals surface area (Å²) >= 11 is 12.4. The molecule has 0 saturated heterocycles. The molecule has 0 fully saturated rings.